The van der Waals surface area contributed by atoms with Gasteiger partial charge in [0.2, 0.25) is 0 Å². The highest BCUT2D eigenvalue weighted by Gasteiger charge is 2.16. The minimum Gasteiger partial charge on any atom is -0.380 e. The van der Waals surface area contributed by atoms with Crippen LogP contribution >= 0.6 is 0 Å². The van der Waals surface area contributed by atoms with Crippen molar-refractivity contribution in [2.45, 2.75) is 26.8 Å². The summed E-state index contributed by atoms with van der Waals surface area (Å²) < 4.78 is 7.26. The van der Waals surface area contributed by atoms with Crippen LogP contribution in [0.2, 0.25) is 0 Å². The first-order valence-electron chi connectivity index (χ1n) is 6.60. The summed E-state index contributed by atoms with van der Waals surface area (Å²) in [5.41, 5.74) is 0.830. The molecule has 0 saturated carbocycles. The molecule has 0 spiro atoms. The first kappa shape index (κ1) is 13.7. The molecule has 0 aliphatic rings. The maximum Gasteiger partial charge on any atom is 0.163 e. The van der Waals surface area contributed by atoms with Crippen molar-refractivity contribution in [2.24, 2.45) is 13.0 Å². The van der Waals surface area contributed by atoms with Crippen LogP contribution in [0.3, 0.4) is 0 Å². The largest absolute Gasteiger partial charge is 0.380 e. The molecule has 0 bridgehead atoms. The van der Waals surface area contributed by atoms with Gasteiger partial charge in [-0.05, 0) is 12.8 Å². The Balaban J connectivity index is 2.23. The van der Waals surface area contributed by atoms with Gasteiger partial charge in [-0.2, -0.15) is 5.10 Å². The van der Waals surface area contributed by atoms with E-state index in [1.807, 2.05) is 14.0 Å². The van der Waals surface area contributed by atoms with Crippen LogP contribution in [0.25, 0.3) is 11.0 Å². The second kappa shape index (κ2) is 5.97. The number of hydrogen-bond donors (Lipinski definition) is 1. The average Bonchev–Trinajstić information content (AvgIpc) is 2.77. The van der Waals surface area contributed by atoms with Crippen LogP contribution in [0.15, 0.2) is 12.5 Å². The Morgan fingerprint density at radius 3 is 2.84 bits per heavy atom. The van der Waals surface area contributed by atoms with Gasteiger partial charge in [-0.15, -0.1) is 0 Å². The highest BCUT2D eigenvalue weighted by molar-refractivity contribution is 5.86. The van der Waals surface area contributed by atoms with E-state index in [4.69, 9.17) is 4.74 Å². The topological polar surface area (TPSA) is 64.9 Å². The van der Waals surface area contributed by atoms with Crippen LogP contribution in [0.4, 0.5) is 5.82 Å². The summed E-state index contributed by atoms with van der Waals surface area (Å²) in [6.07, 6.45) is 3.35. The van der Waals surface area contributed by atoms with Crippen molar-refractivity contribution in [3.8, 4) is 0 Å². The maximum atomic E-state index is 5.52. The smallest absolute Gasteiger partial charge is 0.163 e. The second-order valence-electron chi connectivity index (χ2n) is 4.88. The molecule has 6 nitrogen and oxygen atoms in total. The molecule has 0 aliphatic heterocycles. The molecule has 2 heterocycles. The van der Waals surface area contributed by atoms with E-state index in [0.29, 0.717) is 12.5 Å². The molecule has 1 unspecified atom stereocenters. The Hall–Kier alpha value is -1.69. The summed E-state index contributed by atoms with van der Waals surface area (Å²) in [6.45, 7) is 7.72. The zero-order valence-corrected chi connectivity index (χ0v) is 11.9. The zero-order valence-electron chi connectivity index (χ0n) is 11.9. The molecule has 2 aromatic heterocycles. The van der Waals surface area contributed by atoms with E-state index < -0.39 is 0 Å². The molecule has 0 saturated heterocycles. The molecule has 1 N–H and O–H groups in total. The predicted molar refractivity (Wildman–Crippen MR) is 75.0 cm³/mol. The number of aryl methyl sites for hydroxylation is 1. The zero-order chi connectivity index (χ0) is 13.8. The highest BCUT2D eigenvalue weighted by atomic mass is 16.5. The van der Waals surface area contributed by atoms with E-state index in [2.05, 4.69) is 34.2 Å². The maximum absolute atomic E-state index is 5.52. The monoisotopic (exact) mass is 263 g/mol. The number of anilines is 1. The number of aromatic nitrogens is 4. The lowest BCUT2D eigenvalue weighted by atomic mass is 10.1. The van der Waals surface area contributed by atoms with Gasteiger partial charge in [-0.3, -0.25) is 4.68 Å². The number of fused-ring (bicyclic) bond motifs is 1. The third-order valence-electron chi connectivity index (χ3n) is 3.16. The van der Waals surface area contributed by atoms with Gasteiger partial charge in [-0.25, -0.2) is 9.97 Å². The summed E-state index contributed by atoms with van der Waals surface area (Å²) in [5.74, 6) is 1.27. The summed E-state index contributed by atoms with van der Waals surface area (Å²) in [6, 6.07) is 0.221. The number of nitrogens with one attached hydrogen (secondary N) is 1. The lowest BCUT2D eigenvalue weighted by Gasteiger charge is -2.22. The molecule has 0 fully saturated rings. The number of rotatable bonds is 6. The molecular weight excluding hydrogens is 242 g/mol. The van der Waals surface area contributed by atoms with E-state index in [-0.39, 0.29) is 6.04 Å². The van der Waals surface area contributed by atoms with Crippen LogP contribution in [-0.4, -0.2) is 39.0 Å². The Morgan fingerprint density at radius 1 is 1.37 bits per heavy atom. The Bertz CT molecular complexity index is 537. The molecule has 2 rings (SSSR count). The van der Waals surface area contributed by atoms with E-state index in [9.17, 15) is 0 Å². The second-order valence-corrected chi connectivity index (χ2v) is 4.88. The fraction of sp³-hybridized carbons (Fsp3) is 0.615. The van der Waals surface area contributed by atoms with Crippen LogP contribution in [0.1, 0.15) is 20.8 Å². The normalized spacial score (nSPS) is 13.1. The SMILES string of the molecule is CCOCC(Nc1ncnc2c1cnn2C)C(C)C. The summed E-state index contributed by atoms with van der Waals surface area (Å²) in [7, 11) is 1.87. The average molecular weight is 263 g/mol. The summed E-state index contributed by atoms with van der Waals surface area (Å²) >= 11 is 0. The molecule has 19 heavy (non-hydrogen) atoms. The molecule has 6 heteroatoms. The Morgan fingerprint density at radius 2 is 2.16 bits per heavy atom. The third kappa shape index (κ3) is 3.01. The predicted octanol–water partition coefficient (Wildman–Crippen LogP) is 1.84. The van der Waals surface area contributed by atoms with Gasteiger partial charge in [-0.1, -0.05) is 13.8 Å². The first-order chi connectivity index (χ1) is 9.13. The fourth-order valence-corrected chi connectivity index (χ4v) is 1.90. The molecule has 1 atom stereocenters. The van der Waals surface area contributed by atoms with Crippen LogP contribution in [-0.2, 0) is 11.8 Å². The van der Waals surface area contributed by atoms with Crippen LogP contribution < -0.4 is 5.32 Å². The minimum absolute atomic E-state index is 0.221. The standard InChI is InChI=1S/C13H21N5O/c1-5-19-7-11(9(2)3)17-12-10-6-16-18(4)13(10)15-8-14-12/h6,8-9,11H,5,7H2,1-4H3,(H,14,15,17). The fourth-order valence-electron chi connectivity index (χ4n) is 1.90. The number of hydrogen-bond acceptors (Lipinski definition) is 5. The quantitative estimate of drug-likeness (QED) is 0.861. The number of nitrogens with zero attached hydrogens (tertiary/aromatic N) is 4. The van der Waals surface area contributed by atoms with Crippen molar-refractivity contribution >= 4 is 16.9 Å². The van der Waals surface area contributed by atoms with Gasteiger partial charge in [0.1, 0.15) is 12.1 Å². The van der Waals surface area contributed by atoms with Crippen LogP contribution in [0.5, 0.6) is 0 Å². The molecule has 0 amide bonds. The van der Waals surface area contributed by atoms with Crippen molar-refractivity contribution in [1.82, 2.24) is 19.7 Å². The van der Waals surface area contributed by atoms with Crippen molar-refractivity contribution < 1.29 is 4.74 Å². The summed E-state index contributed by atoms with van der Waals surface area (Å²) in [4.78, 5) is 8.55. The molecule has 0 aliphatic carbocycles. The van der Waals surface area contributed by atoms with E-state index in [1.165, 1.54) is 0 Å². The van der Waals surface area contributed by atoms with Crippen molar-refractivity contribution in [1.29, 1.82) is 0 Å². The van der Waals surface area contributed by atoms with Crippen molar-refractivity contribution in [3.05, 3.63) is 12.5 Å². The molecule has 0 aromatic carbocycles. The molecular formula is C13H21N5O. The van der Waals surface area contributed by atoms with Crippen molar-refractivity contribution in [2.75, 3.05) is 18.5 Å². The highest BCUT2D eigenvalue weighted by Crippen LogP contribution is 2.20. The van der Waals surface area contributed by atoms with E-state index >= 15 is 0 Å². The Labute approximate surface area is 113 Å². The minimum atomic E-state index is 0.221. The van der Waals surface area contributed by atoms with Crippen LogP contribution in [0, 0.1) is 5.92 Å². The summed E-state index contributed by atoms with van der Waals surface area (Å²) in [5, 5.41) is 8.59. The van der Waals surface area contributed by atoms with Gasteiger partial charge < -0.3 is 10.1 Å². The van der Waals surface area contributed by atoms with E-state index in [0.717, 1.165) is 23.5 Å². The van der Waals surface area contributed by atoms with Gasteiger partial charge in [0.25, 0.3) is 0 Å². The molecule has 2 aromatic rings. The lowest BCUT2D eigenvalue weighted by Crippen LogP contribution is -2.31. The number of ether oxygens (including phenoxy) is 1. The molecule has 104 valence electrons. The first-order valence-corrected chi connectivity index (χ1v) is 6.60. The van der Waals surface area contributed by atoms with Gasteiger partial charge in [0.05, 0.1) is 24.2 Å². The van der Waals surface area contributed by atoms with Gasteiger partial charge in [0.15, 0.2) is 5.65 Å². The van der Waals surface area contributed by atoms with Crippen molar-refractivity contribution in [3.63, 3.8) is 0 Å². The van der Waals surface area contributed by atoms with E-state index in [1.54, 1.807) is 17.2 Å². The Kier molecular flexibility index (Phi) is 4.31. The third-order valence-corrected chi connectivity index (χ3v) is 3.16. The van der Waals surface area contributed by atoms with Gasteiger partial charge >= 0.3 is 0 Å². The lowest BCUT2D eigenvalue weighted by molar-refractivity contribution is 0.126. The van der Waals surface area contributed by atoms with Gasteiger partial charge in [0, 0.05) is 13.7 Å². The molecule has 0 radical (unpaired) electrons.